The number of para-hydroxylation sites is 1. The van der Waals surface area contributed by atoms with Crippen molar-refractivity contribution in [2.24, 2.45) is 0 Å². The Balaban J connectivity index is 1.75. The van der Waals surface area contributed by atoms with Gasteiger partial charge in [0.15, 0.2) is 0 Å². The summed E-state index contributed by atoms with van der Waals surface area (Å²) in [6.45, 7) is 5.83. The molecule has 0 bridgehead atoms. The minimum atomic E-state index is 0.0511. The third kappa shape index (κ3) is 4.34. The van der Waals surface area contributed by atoms with Crippen LogP contribution in [-0.4, -0.2) is 26.0 Å². The summed E-state index contributed by atoms with van der Waals surface area (Å²) in [5.74, 6) is 0.0511. The third-order valence-electron chi connectivity index (χ3n) is 3.78. The first kappa shape index (κ1) is 16.6. The lowest BCUT2D eigenvalue weighted by Gasteiger charge is -2.19. The van der Waals surface area contributed by atoms with Gasteiger partial charge in [-0.05, 0) is 43.5 Å². The predicted octanol–water partition coefficient (Wildman–Crippen LogP) is 3.88. The van der Waals surface area contributed by atoms with Crippen LogP contribution in [0.25, 0.3) is 0 Å². The second-order valence-electron chi connectivity index (χ2n) is 5.41. The molecule has 2 aromatic rings. The fourth-order valence-electron chi connectivity index (χ4n) is 2.40. The molecule has 1 aromatic carbocycles. The molecular weight excluding hydrogens is 292 g/mol. The molecule has 0 aliphatic rings. The van der Waals surface area contributed by atoms with Crippen molar-refractivity contribution in [2.45, 2.75) is 26.7 Å². The molecular formula is C18H24N2OS. The molecule has 0 aliphatic heterocycles. The van der Waals surface area contributed by atoms with Crippen molar-refractivity contribution < 1.29 is 4.79 Å². The van der Waals surface area contributed by atoms with Crippen molar-refractivity contribution in [3.63, 3.8) is 0 Å². The smallest absolute Gasteiger partial charge is 0.261 e. The van der Waals surface area contributed by atoms with Crippen LogP contribution in [0.2, 0.25) is 0 Å². The Morgan fingerprint density at radius 2 is 2.00 bits per heavy atom. The number of thiophene rings is 1. The molecule has 4 heteroatoms. The van der Waals surface area contributed by atoms with E-state index in [1.807, 2.05) is 24.3 Å². The summed E-state index contributed by atoms with van der Waals surface area (Å²) in [7, 11) is 2.08. The van der Waals surface area contributed by atoms with Crippen LogP contribution >= 0.6 is 11.3 Å². The SMILES string of the molecule is CCc1cc(C(=O)NCCCN(C)c2ccccc2)sc1C. The molecule has 0 fully saturated rings. The van der Waals surface area contributed by atoms with E-state index in [2.05, 4.69) is 43.2 Å². The summed E-state index contributed by atoms with van der Waals surface area (Å²) in [5.41, 5.74) is 2.48. The zero-order valence-corrected chi connectivity index (χ0v) is 14.4. The van der Waals surface area contributed by atoms with Gasteiger partial charge in [0.2, 0.25) is 0 Å². The molecule has 118 valence electrons. The number of carbonyl (C=O) groups is 1. The van der Waals surface area contributed by atoms with Crippen LogP contribution in [0.1, 0.15) is 33.5 Å². The number of hydrogen-bond donors (Lipinski definition) is 1. The lowest BCUT2D eigenvalue weighted by Crippen LogP contribution is -2.27. The third-order valence-corrected chi connectivity index (χ3v) is 4.87. The Bertz CT molecular complexity index is 607. The molecule has 2 rings (SSSR count). The van der Waals surface area contributed by atoms with Gasteiger partial charge >= 0.3 is 0 Å². The Kier molecular flexibility index (Phi) is 6.01. The number of anilines is 1. The highest BCUT2D eigenvalue weighted by atomic mass is 32.1. The number of nitrogens with zero attached hydrogens (tertiary/aromatic N) is 1. The molecule has 0 radical (unpaired) electrons. The van der Waals surface area contributed by atoms with Crippen molar-refractivity contribution in [2.75, 3.05) is 25.0 Å². The molecule has 3 nitrogen and oxygen atoms in total. The number of amides is 1. The number of hydrogen-bond acceptors (Lipinski definition) is 3. The van der Waals surface area contributed by atoms with E-state index in [1.165, 1.54) is 16.1 Å². The van der Waals surface area contributed by atoms with Gasteiger partial charge in [-0.2, -0.15) is 0 Å². The zero-order valence-electron chi connectivity index (χ0n) is 13.6. The van der Waals surface area contributed by atoms with Gasteiger partial charge in [0.05, 0.1) is 4.88 Å². The minimum absolute atomic E-state index is 0.0511. The second kappa shape index (κ2) is 7.99. The quantitative estimate of drug-likeness (QED) is 0.786. The van der Waals surface area contributed by atoms with Gasteiger partial charge in [0.25, 0.3) is 5.91 Å². The standard InChI is InChI=1S/C18H24N2OS/c1-4-15-13-17(22-14(15)2)18(21)19-11-8-12-20(3)16-9-6-5-7-10-16/h5-7,9-10,13H,4,8,11-12H2,1-3H3,(H,19,21). The van der Waals surface area contributed by atoms with Crippen LogP contribution in [0, 0.1) is 6.92 Å². The van der Waals surface area contributed by atoms with Crippen molar-refractivity contribution in [3.05, 3.63) is 51.7 Å². The summed E-state index contributed by atoms with van der Waals surface area (Å²) < 4.78 is 0. The number of aryl methyl sites for hydroxylation is 2. The number of carbonyl (C=O) groups excluding carboxylic acids is 1. The van der Waals surface area contributed by atoms with Crippen LogP contribution in [0.3, 0.4) is 0 Å². The lowest BCUT2D eigenvalue weighted by molar-refractivity contribution is 0.0957. The molecule has 0 saturated heterocycles. The molecule has 0 aliphatic carbocycles. The molecule has 1 amide bonds. The number of nitrogens with one attached hydrogen (secondary N) is 1. The molecule has 0 unspecified atom stereocenters. The van der Waals surface area contributed by atoms with E-state index >= 15 is 0 Å². The van der Waals surface area contributed by atoms with Gasteiger partial charge in [-0.15, -0.1) is 11.3 Å². The molecule has 0 saturated carbocycles. The van der Waals surface area contributed by atoms with E-state index in [-0.39, 0.29) is 5.91 Å². The Morgan fingerprint density at radius 1 is 1.27 bits per heavy atom. The molecule has 22 heavy (non-hydrogen) atoms. The van der Waals surface area contributed by atoms with E-state index in [9.17, 15) is 4.79 Å². The van der Waals surface area contributed by atoms with E-state index in [1.54, 1.807) is 11.3 Å². The molecule has 1 heterocycles. The molecule has 0 spiro atoms. The summed E-state index contributed by atoms with van der Waals surface area (Å²) in [6.07, 6.45) is 1.92. The fraction of sp³-hybridized carbons (Fsp3) is 0.389. The monoisotopic (exact) mass is 316 g/mol. The topological polar surface area (TPSA) is 32.3 Å². The summed E-state index contributed by atoms with van der Waals surface area (Å²) >= 11 is 1.59. The lowest BCUT2D eigenvalue weighted by atomic mass is 10.2. The second-order valence-corrected chi connectivity index (χ2v) is 6.67. The van der Waals surface area contributed by atoms with Gasteiger partial charge in [-0.3, -0.25) is 4.79 Å². The van der Waals surface area contributed by atoms with Crippen LogP contribution in [0.15, 0.2) is 36.4 Å². The Hall–Kier alpha value is -1.81. The van der Waals surface area contributed by atoms with Gasteiger partial charge in [0, 0.05) is 30.7 Å². The van der Waals surface area contributed by atoms with Crippen LogP contribution in [0.4, 0.5) is 5.69 Å². The highest BCUT2D eigenvalue weighted by molar-refractivity contribution is 7.14. The highest BCUT2D eigenvalue weighted by Crippen LogP contribution is 2.21. The summed E-state index contributed by atoms with van der Waals surface area (Å²) in [4.78, 5) is 16.4. The average molecular weight is 316 g/mol. The predicted molar refractivity (Wildman–Crippen MR) is 95.1 cm³/mol. The van der Waals surface area contributed by atoms with E-state index < -0.39 is 0 Å². The normalized spacial score (nSPS) is 10.5. The van der Waals surface area contributed by atoms with Crippen molar-refractivity contribution in [3.8, 4) is 0 Å². The van der Waals surface area contributed by atoms with Crippen LogP contribution in [0.5, 0.6) is 0 Å². The minimum Gasteiger partial charge on any atom is -0.375 e. The maximum atomic E-state index is 12.1. The first-order valence-corrected chi connectivity index (χ1v) is 8.57. The Labute approximate surface area is 137 Å². The summed E-state index contributed by atoms with van der Waals surface area (Å²) in [5, 5.41) is 3.02. The Morgan fingerprint density at radius 3 is 2.64 bits per heavy atom. The largest absolute Gasteiger partial charge is 0.375 e. The summed E-state index contributed by atoms with van der Waals surface area (Å²) in [6, 6.07) is 12.3. The van der Waals surface area contributed by atoms with Crippen molar-refractivity contribution >= 4 is 22.9 Å². The highest BCUT2D eigenvalue weighted by Gasteiger charge is 2.11. The van der Waals surface area contributed by atoms with Gasteiger partial charge in [0.1, 0.15) is 0 Å². The van der Waals surface area contributed by atoms with Gasteiger partial charge in [-0.1, -0.05) is 25.1 Å². The maximum absolute atomic E-state index is 12.1. The van der Waals surface area contributed by atoms with Crippen molar-refractivity contribution in [1.82, 2.24) is 5.32 Å². The number of benzene rings is 1. The average Bonchev–Trinajstić information content (AvgIpc) is 2.93. The number of rotatable bonds is 7. The van der Waals surface area contributed by atoms with Crippen LogP contribution < -0.4 is 10.2 Å². The fourth-order valence-corrected chi connectivity index (χ4v) is 3.43. The molecule has 1 aromatic heterocycles. The van der Waals surface area contributed by atoms with E-state index in [4.69, 9.17) is 0 Å². The zero-order chi connectivity index (χ0) is 15.9. The molecule has 1 N–H and O–H groups in total. The van der Waals surface area contributed by atoms with Gasteiger partial charge in [-0.25, -0.2) is 0 Å². The van der Waals surface area contributed by atoms with Gasteiger partial charge < -0.3 is 10.2 Å². The van der Waals surface area contributed by atoms with Crippen LogP contribution in [-0.2, 0) is 6.42 Å². The molecule has 0 atom stereocenters. The first-order chi connectivity index (χ1) is 10.6. The maximum Gasteiger partial charge on any atom is 0.261 e. The first-order valence-electron chi connectivity index (χ1n) is 7.75. The van der Waals surface area contributed by atoms with Crippen molar-refractivity contribution in [1.29, 1.82) is 0 Å². The van der Waals surface area contributed by atoms with E-state index in [0.717, 1.165) is 24.3 Å². The van der Waals surface area contributed by atoms with E-state index in [0.29, 0.717) is 6.54 Å².